The van der Waals surface area contributed by atoms with Crippen LogP contribution in [0.25, 0.3) is 0 Å². The Morgan fingerprint density at radius 1 is 1.06 bits per heavy atom. The van der Waals surface area contributed by atoms with E-state index in [4.69, 9.17) is 5.73 Å². The van der Waals surface area contributed by atoms with Crippen molar-refractivity contribution >= 4 is 0 Å². The molecule has 0 saturated heterocycles. The van der Waals surface area contributed by atoms with Gasteiger partial charge in [0.05, 0.1) is 0 Å². The van der Waals surface area contributed by atoms with Crippen molar-refractivity contribution in [2.24, 2.45) is 11.7 Å². The van der Waals surface area contributed by atoms with Crippen LogP contribution < -0.4 is 5.73 Å². The zero-order valence-electron chi connectivity index (χ0n) is 11.0. The molecule has 0 radical (unpaired) electrons. The van der Waals surface area contributed by atoms with Gasteiger partial charge in [0.25, 0.3) is 0 Å². The van der Waals surface area contributed by atoms with Crippen LogP contribution in [0, 0.1) is 5.92 Å². The normalized spacial score (nSPS) is 32.1. The van der Waals surface area contributed by atoms with Crippen LogP contribution in [0.4, 0.5) is 0 Å². The summed E-state index contributed by atoms with van der Waals surface area (Å²) in [5.41, 5.74) is 6.37. The summed E-state index contributed by atoms with van der Waals surface area (Å²) in [5.74, 6) is 0.984. The maximum absolute atomic E-state index is 6.37. The van der Waals surface area contributed by atoms with E-state index in [1.54, 1.807) is 0 Å². The highest BCUT2D eigenvalue weighted by Gasteiger charge is 2.32. The van der Waals surface area contributed by atoms with Gasteiger partial charge in [-0.1, -0.05) is 19.3 Å². The molecule has 0 bridgehead atoms. The first-order valence-corrected chi connectivity index (χ1v) is 7.20. The summed E-state index contributed by atoms with van der Waals surface area (Å²) in [5, 5.41) is 0. The molecule has 2 aliphatic rings. The van der Waals surface area contributed by atoms with Crippen LogP contribution in [0.1, 0.15) is 58.8 Å². The van der Waals surface area contributed by atoms with Crippen LogP contribution in [-0.4, -0.2) is 29.6 Å². The van der Waals surface area contributed by atoms with Gasteiger partial charge < -0.3 is 5.73 Å². The predicted octanol–water partition coefficient (Wildman–Crippen LogP) is 2.77. The minimum absolute atomic E-state index is 0.420. The van der Waals surface area contributed by atoms with E-state index in [-0.39, 0.29) is 0 Å². The molecule has 2 heteroatoms. The zero-order chi connectivity index (χ0) is 11.5. The highest BCUT2D eigenvalue weighted by molar-refractivity contribution is 4.89. The SMILES string of the molecule is CC(C)N(CC1CC1)C1CCCCCC1N. The Hall–Kier alpha value is -0.0800. The lowest BCUT2D eigenvalue weighted by molar-refractivity contribution is 0.119. The van der Waals surface area contributed by atoms with Crippen molar-refractivity contribution in [3.05, 3.63) is 0 Å². The summed E-state index contributed by atoms with van der Waals surface area (Å²) in [6.45, 7) is 5.97. The fourth-order valence-corrected chi connectivity index (χ4v) is 3.06. The molecule has 2 N–H and O–H groups in total. The van der Waals surface area contributed by atoms with E-state index in [1.165, 1.54) is 51.5 Å². The average Bonchev–Trinajstić information content (AvgIpc) is 3.03. The van der Waals surface area contributed by atoms with E-state index in [2.05, 4.69) is 18.7 Å². The summed E-state index contributed by atoms with van der Waals surface area (Å²) in [6, 6.07) is 1.74. The first-order valence-electron chi connectivity index (χ1n) is 7.20. The Bertz CT molecular complexity index is 211. The molecule has 94 valence electrons. The van der Waals surface area contributed by atoms with E-state index in [9.17, 15) is 0 Å². The predicted molar refractivity (Wildman–Crippen MR) is 69.4 cm³/mol. The van der Waals surface area contributed by atoms with Crippen LogP contribution >= 0.6 is 0 Å². The quantitative estimate of drug-likeness (QED) is 0.744. The number of hydrogen-bond donors (Lipinski definition) is 1. The summed E-state index contributed by atoms with van der Waals surface area (Å²) in [6.07, 6.45) is 9.57. The van der Waals surface area contributed by atoms with E-state index in [0.717, 1.165) is 5.92 Å². The third-order valence-electron chi connectivity index (χ3n) is 4.29. The number of nitrogens with two attached hydrogens (primary N) is 1. The van der Waals surface area contributed by atoms with Gasteiger partial charge >= 0.3 is 0 Å². The number of rotatable bonds is 4. The molecule has 2 aliphatic carbocycles. The van der Waals surface area contributed by atoms with Crippen LogP contribution in [0.15, 0.2) is 0 Å². The van der Waals surface area contributed by atoms with Gasteiger partial charge in [-0.05, 0) is 45.4 Å². The highest BCUT2D eigenvalue weighted by atomic mass is 15.2. The van der Waals surface area contributed by atoms with E-state index in [1.807, 2.05) is 0 Å². The third kappa shape index (κ3) is 3.21. The van der Waals surface area contributed by atoms with Crippen molar-refractivity contribution in [1.82, 2.24) is 4.90 Å². The molecule has 0 heterocycles. The summed E-state index contributed by atoms with van der Waals surface area (Å²) in [4.78, 5) is 2.70. The van der Waals surface area contributed by atoms with E-state index >= 15 is 0 Å². The molecule has 0 spiro atoms. The summed E-state index contributed by atoms with van der Waals surface area (Å²) < 4.78 is 0. The first-order chi connectivity index (χ1) is 7.68. The van der Waals surface area contributed by atoms with Crippen molar-refractivity contribution in [3.63, 3.8) is 0 Å². The maximum Gasteiger partial charge on any atom is 0.0250 e. The molecule has 2 fully saturated rings. The van der Waals surface area contributed by atoms with Gasteiger partial charge in [-0.25, -0.2) is 0 Å². The second-order valence-electron chi connectivity index (χ2n) is 6.10. The Morgan fingerprint density at radius 3 is 2.38 bits per heavy atom. The van der Waals surface area contributed by atoms with Gasteiger partial charge in [-0.2, -0.15) is 0 Å². The molecule has 0 amide bonds. The fourth-order valence-electron chi connectivity index (χ4n) is 3.06. The number of hydrogen-bond acceptors (Lipinski definition) is 2. The summed E-state index contributed by atoms with van der Waals surface area (Å²) >= 11 is 0. The monoisotopic (exact) mass is 224 g/mol. The lowest BCUT2D eigenvalue weighted by atomic mass is 10.00. The van der Waals surface area contributed by atoms with Crippen molar-refractivity contribution < 1.29 is 0 Å². The Labute approximate surface area is 101 Å². The van der Waals surface area contributed by atoms with Crippen LogP contribution in [0.3, 0.4) is 0 Å². The Morgan fingerprint density at radius 2 is 1.75 bits per heavy atom. The second-order valence-corrected chi connectivity index (χ2v) is 6.10. The zero-order valence-corrected chi connectivity index (χ0v) is 11.0. The standard InChI is InChI=1S/C14H28N2/c1-11(2)16(10-12-8-9-12)14-7-5-3-4-6-13(14)15/h11-14H,3-10,15H2,1-2H3. The van der Waals surface area contributed by atoms with Gasteiger partial charge in [0.2, 0.25) is 0 Å². The fraction of sp³-hybridized carbons (Fsp3) is 1.00. The lowest BCUT2D eigenvalue weighted by Gasteiger charge is -2.37. The molecular weight excluding hydrogens is 196 g/mol. The van der Waals surface area contributed by atoms with Crippen molar-refractivity contribution in [1.29, 1.82) is 0 Å². The average molecular weight is 224 g/mol. The molecule has 2 nitrogen and oxygen atoms in total. The molecule has 2 atom stereocenters. The minimum atomic E-state index is 0.420. The van der Waals surface area contributed by atoms with E-state index < -0.39 is 0 Å². The molecule has 0 aliphatic heterocycles. The van der Waals surface area contributed by atoms with Gasteiger partial charge in [-0.15, -0.1) is 0 Å². The first kappa shape index (κ1) is 12.4. The van der Waals surface area contributed by atoms with Gasteiger partial charge in [0, 0.05) is 24.7 Å². The van der Waals surface area contributed by atoms with Crippen LogP contribution in [-0.2, 0) is 0 Å². The largest absolute Gasteiger partial charge is 0.326 e. The van der Waals surface area contributed by atoms with Crippen LogP contribution in [0.5, 0.6) is 0 Å². The van der Waals surface area contributed by atoms with E-state index in [0.29, 0.717) is 18.1 Å². The maximum atomic E-state index is 6.37. The molecule has 0 aromatic carbocycles. The second kappa shape index (κ2) is 5.50. The van der Waals surface area contributed by atoms with Crippen molar-refractivity contribution in [2.45, 2.75) is 76.9 Å². The highest BCUT2D eigenvalue weighted by Crippen LogP contribution is 2.33. The van der Waals surface area contributed by atoms with Gasteiger partial charge in [0.1, 0.15) is 0 Å². The smallest absolute Gasteiger partial charge is 0.0250 e. The topological polar surface area (TPSA) is 29.3 Å². The molecule has 2 rings (SSSR count). The number of nitrogens with zero attached hydrogens (tertiary/aromatic N) is 1. The molecule has 2 saturated carbocycles. The molecule has 0 aromatic heterocycles. The molecule has 2 unspecified atom stereocenters. The van der Waals surface area contributed by atoms with Gasteiger partial charge in [0.15, 0.2) is 0 Å². The molecular formula is C14H28N2. The molecule has 16 heavy (non-hydrogen) atoms. The van der Waals surface area contributed by atoms with Gasteiger partial charge in [-0.3, -0.25) is 4.90 Å². The Balaban J connectivity index is 1.97. The van der Waals surface area contributed by atoms with Crippen molar-refractivity contribution in [3.8, 4) is 0 Å². The minimum Gasteiger partial charge on any atom is -0.326 e. The van der Waals surface area contributed by atoms with Crippen LogP contribution in [0.2, 0.25) is 0 Å². The third-order valence-corrected chi connectivity index (χ3v) is 4.29. The van der Waals surface area contributed by atoms with Crippen molar-refractivity contribution in [2.75, 3.05) is 6.54 Å². The summed E-state index contributed by atoms with van der Waals surface area (Å²) in [7, 11) is 0. The Kier molecular flexibility index (Phi) is 4.26. The lowest BCUT2D eigenvalue weighted by Crippen LogP contribution is -2.50. The molecule has 0 aromatic rings.